The second-order valence-electron chi connectivity index (χ2n) is 8.02. The predicted molar refractivity (Wildman–Crippen MR) is 112 cm³/mol. The Balaban J connectivity index is 1.31. The maximum atomic E-state index is 13.2. The van der Waals surface area contributed by atoms with Crippen LogP contribution in [0.2, 0.25) is 0 Å². The van der Waals surface area contributed by atoms with Crippen LogP contribution in [0.25, 0.3) is 0 Å². The molecule has 0 bridgehead atoms. The van der Waals surface area contributed by atoms with E-state index in [1.807, 2.05) is 24.1 Å². The first-order valence-corrected chi connectivity index (χ1v) is 10.5. The summed E-state index contributed by atoms with van der Waals surface area (Å²) in [6, 6.07) is 10.5. The normalized spacial score (nSPS) is 22.0. The molecule has 3 heterocycles. The molecule has 4 rings (SSSR count). The van der Waals surface area contributed by atoms with Crippen molar-refractivity contribution in [2.75, 3.05) is 51.3 Å². The van der Waals surface area contributed by atoms with Crippen molar-refractivity contribution >= 4 is 11.7 Å². The minimum Gasteiger partial charge on any atom is -0.370 e. The molecule has 2 aromatic rings. The second-order valence-corrected chi connectivity index (χ2v) is 8.02. The summed E-state index contributed by atoms with van der Waals surface area (Å²) in [5.74, 6) is 0.721. The molecule has 2 saturated heterocycles. The maximum absolute atomic E-state index is 13.2. The average Bonchev–Trinajstić information content (AvgIpc) is 3.23. The van der Waals surface area contributed by atoms with Gasteiger partial charge in [0.05, 0.1) is 19.7 Å². The Morgan fingerprint density at radius 3 is 2.87 bits per heavy atom. The fraction of sp³-hybridized carbons (Fsp3) is 0.500. The molecule has 2 fully saturated rings. The lowest BCUT2D eigenvalue weighted by molar-refractivity contribution is -0.140. The molecule has 0 saturated carbocycles. The van der Waals surface area contributed by atoms with Gasteiger partial charge in [0.2, 0.25) is 5.91 Å². The highest BCUT2D eigenvalue weighted by Crippen LogP contribution is 2.24. The van der Waals surface area contributed by atoms with E-state index in [-0.39, 0.29) is 17.8 Å². The highest BCUT2D eigenvalue weighted by molar-refractivity contribution is 5.78. The largest absolute Gasteiger partial charge is 0.370 e. The Hall–Kier alpha value is -2.58. The van der Waals surface area contributed by atoms with Gasteiger partial charge in [0.25, 0.3) is 0 Å². The van der Waals surface area contributed by atoms with Crippen LogP contribution < -0.4 is 4.90 Å². The van der Waals surface area contributed by atoms with E-state index in [2.05, 4.69) is 20.0 Å². The van der Waals surface area contributed by atoms with E-state index in [0.29, 0.717) is 32.3 Å². The number of carbonyl (C=O) groups excluding carboxylic acids is 1. The molecule has 30 heavy (non-hydrogen) atoms. The van der Waals surface area contributed by atoms with Crippen LogP contribution in [0.15, 0.2) is 42.6 Å². The number of ether oxygens (including phenoxy) is 1. The number of hydrogen-bond donors (Lipinski definition) is 0. The number of nitrogens with zero attached hydrogens (tertiary/aromatic N) is 5. The summed E-state index contributed by atoms with van der Waals surface area (Å²) in [7, 11) is 1.99. The lowest BCUT2D eigenvalue weighted by atomic mass is 10.1. The van der Waals surface area contributed by atoms with E-state index in [9.17, 15) is 9.18 Å². The van der Waals surface area contributed by atoms with Gasteiger partial charge in [0.1, 0.15) is 11.9 Å². The predicted octanol–water partition coefficient (Wildman–Crippen LogP) is 2.12. The van der Waals surface area contributed by atoms with Crippen LogP contribution in [0.1, 0.15) is 24.5 Å². The maximum Gasteiger partial charge on any atom is 0.236 e. The summed E-state index contributed by atoms with van der Waals surface area (Å²) in [6.07, 6.45) is 3.67. The summed E-state index contributed by atoms with van der Waals surface area (Å²) < 4.78 is 19.0. The van der Waals surface area contributed by atoms with Crippen molar-refractivity contribution < 1.29 is 13.9 Å². The van der Waals surface area contributed by atoms with Gasteiger partial charge in [0.15, 0.2) is 5.82 Å². The van der Waals surface area contributed by atoms with E-state index in [1.165, 1.54) is 12.1 Å². The van der Waals surface area contributed by atoms with E-state index < -0.39 is 0 Å². The molecule has 0 spiro atoms. The minimum atomic E-state index is -0.272. The van der Waals surface area contributed by atoms with E-state index in [4.69, 9.17) is 4.74 Å². The van der Waals surface area contributed by atoms with Crippen LogP contribution in [-0.4, -0.2) is 78.3 Å². The van der Waals surface area contributed by atoms with Crippen LogP contribution in [-0.2, 0) is 9.53 Å². The van der Waals surface area contributed by atoms with Gasteiger partial charge in [-0.2, -0.15) is 5.10 Å². The van der Waals surface area contributed by atoms with Gasteiger partial charge in [-0.05, 0) is 49.7 Å². The van der Waals surface area contributed by atoms with Gasteiger partial charge in [0, 0.05) is 31.9 Å². The Labute approximate surface area is 176 Å². The summed E-state index contributed by atoms with van der Waals surface area (Å²) in [5.41, 5.74) is 0.896. The summed E-state index contributed by atoms with van der Waals surface area (Å²) in [4.78, 5) is 19.1. The highest BCUT2D eigenvalue weighted by atomic mass is 19.1. The van der Waals surface area contributed by atoms with Gasteiger partial charge in [-0.3, -0.25) is 9.69 Å². The number of likely N-dealkylation sites (N-methyl/N-ethyl adjacent to an activating group) is 1. The van der Waals surface area contributed by atoms with Gasteiger partial charge in [-0.25, -0.2) is 4.39 Å². The molecule has 2 unspecified atom stereocenters. The van der Waals surface area contributed by atoms with Gasteiger partial charge in [-0.15, -0.1) is 5.10 Å². The summed E-state index contributed by atoms with van der Waals surface area (Å²) in [5, 5.41) is 8.23. The third-order valence-corrected chi connectivity index (χ3v) is 5.82. The minimum absolute atomic E-state index is 0.0944. The average molecular weight is 413 g/mol. The molecule has 2 aliphatic rings. The number of rotatable bonds is 6. The lowest BCUT2D eigenvalue weighted by Crippen LogP contribution is -2.48. The van der Waals surface area contributed by atoms with Gasteiger partial charge < -0.3 is 14.5 Å². The summed E-state index contributed by atoms with van der Waals surface area (Å²) in [6.45, 7) is 3.69. The van der Waals surface area contributed by atoms with Crippen molar-refractivity contribution in [1.29, 1.82) is 0 Å². The third-order valence-electron chi connectivity index (χ3n) is 5.82. The third kappa shape index (κ3) is 4.94. The van der Waals surface area contributed by atoms with Crippen LogP contribution >= 0.6 is 0 Å². The first kappa shape index (κ1) is 20.7. The molecule has 7 nitrogen and oxygen atoms in total. The quantitative estimate of drug-likeness (QED) is 0.723. The van der Waals surface area contributed by atoms with E-state index in [1.54, 1.807) is 18.3 Å². The molecule has 8 heteroatoms. The van der Waals surface area contributed by atoms with Crippen molar-refractivity contribution in [2.45, 2.75) is 25.0 Å². The number of anilines is 1. The molecule has 160 valence electrons. The number of carbonyl (C=O) groups is 1. The molecular weight excluding hydrogens is 385 g/mol. The molecule has 0 N–H and O–H groups in total. The van der Waals surface area contributed by atoms with Crippen molar-refractivity contribution in [3.8, 4) is 0 Å². The molecule has 2 atom stereocenters. The Morgan fingerprint density at radius 1 is 1.27 bits per heavy atom. The number of morpholine rings is 1. The van der Waals surface area contributed by atoms with Crippen molar-refractivity contribution in [3.63, 3.8) is 0 Å². The molecular formula is C22H28FN5O2. The Morgan fingerprint density at radius 2 is 2.10 bits per heavy atom. The number of aromatic nitrogens is 2. The molecule has 0 radical (unpaired) electrons. The van der Waals surface area contributed by atoms with Crippen LogP contribution in [0.4, 0.5) is 10.2 Å². The molecule has 1 aromatic carbocycles. The second kappa shape index (κ2) is 9.49. The van der Waals surface area contributed by atoms with E-state index in [0.717, 1.165) is 37.3 Å². The zero-order valence-corrected chi connectivity index (χ0v) is 17.3. The molecule has 0 aliphatic carbocycles. The fourth-order valence-corrected chi connectivity index (χ4v) is 4.28. The lowest BCUT2D eigenvalue weighted by Gasteiger charge is -2.35. The first-order valence-electron chi connectivity index (χ1n) is 10.5. The highest BCUT2D eigenvalue weighted by Gasteiger charge is 2.29. The zero-order chi connectivity index (χ0) is 20.9. The Bertz CT molecular complexity index is 835. The molecule has 1 amide bonds. The van der Waals surface area contributed by atoms with Crippen LogP contribution in [0, 0.1) is 5.82 Å². The van der Waals surface area contributed by atoms with Crippen LogP contribution in [0.5, 0.6) is 0 Å². The smallest absolute Gasteiger partial charge is 0.236 e. The van der Waals surface area contributed by atoms with Crippen molar-refractivity contribution in [2.24, 2.45) is 0 Å². The zero-order valence-electron chi connectivity index (χ0n) is 17.3. The number of hydrogen-bond acceptors (Lipinski definition) is 6. The van der Waals surface area contributed by atoms with Crippen molar-refractivity contribution in [1.82, 2.24) is 20.0 Å². The molecule has 2 aliphatic heterocycles. The Kier molecular flexibility index (Phi) is 6.54. The first-order chi connectivity index (χ1) is 14.6. The number of amides is 1. The summed E-state index contributed by atoms with van der Waals surface area (Å²) >= 11 is 0. The fourth-order valence-electron chi connectivity index (χ4n) is 4.28. The number of benzene rings is 1. The SMILES string of the molecule is CN(CC(=O)N1CCOC(c2ccc(F)cc2)C1)CC1CCCN1c1cccnn1. The molecule has 1 aromatic heterocycles. The van der Waals surface area contributed by atoms with Gasteiger partial charge in [-0.1, -0.05) is 12.1 Å². The number of halogens is 1. The van der Waals surface area contributed by atoms with Crippen LogP contribution in [0.3, 0.4) is 0 Å². The topological polar surface area (TPSA) is 61.8 Å². The monoisotopic (exact) mass is 413 g/mol. The van der Waals surface area contributed by atoms with Crippen molar-refractivity contribution in [3.05, 3.63) is 54.0 Å². The van der Waals surface area contributed by atoms with Gasteiger partial charge >= 0.3 is 0 Å². The van der Waals surface area contributed by atoms with E-state index >= 15 is 0 Å². The standard InChI is InChI=1S/C22H28FN5O2/c1-26(14-19-4-3-11-28(19)21-5-2-10-24-25-21)16-22(29)27-12-13-30-20(15-27)17-6-8-18(23)9-7-17/h2,5-10,19-20H,3-4,11-16H2,1H3.